The van der Waals surface area contributed by atoms with E-state index in [2.05, 4.69) is 34.1 Å². The number of aliphatic carboxylic acids is 1. The van der Waals surface area contributed by atoms with Crippen LogP contribution >= 0.6 is 0 Å². The molecular weight excluding hydrogens is 324 g/mol. The Morgan fingerprint density at radius 1 is 1.08 bits per heavy atom. The number of piperidine rings is 2. The summed E-state index contributed by atoms with van der Waals surface area (Å²) in [6.45, 7) is 9.52. The molecular formula is C22H34N2O2. The second-order valence-corrected chi connectivity index (χ2v) is 8.79. The van der Waals surface area contributed by atoms with Crippen LogP contribution in [-0.2, 0) is 17.8 Å². The zero-order chi connectivity index (χ0) is 18.6. The first-order chi connectivity index (χ1) is 12.4. The molecule has 2 aliphatic heterocycles. The van der Waals surface area contributed by atoms with E-state index in [1.54, 1.807) is 13.8 Å². The van der Waals surface area contributed by atoms with E-state index in [9.17, 15) is 9.90 Å². The summed E-state index contributed by atoms with van der Waals surface area (Å²) in [6.07, 6.45) is 7.30. The molecule has 1 aromatic carbocycles. The molecule has 26 heavy (non-hydrogen) atoms. The van der Waals surface area contributed by atoms with E-state index in [0.717, 1.165) is 18.2 Å². The number of benzene rings is 1. The first-order valence-electron chi connectivity index (χ1n) is 10.2. The fraction of sp³-hybridized carbons (Fsp3) is 0.682. The van der Waals surface area contributed by atoms with Crippen molar-refractivity contribution in [3.8, 4) is 0 Å². The van der Waals surface area contributed by atoms with Gasteiger partial charge in [0, 0.05) is 12.6 Å². The molecule has 2 heterocycles. The lowest BCUT2D eigenvalue weighted by Gasteiger charge is -2.40. The first kappa shape index (κ1) is 19.4. The van der Waals surface area contributed by atoms with Crippen molar-refractivity contribution in [2.24, 2.45) is 5.41 Å². The number of carboxylic acids is 1. The van der Waals surface area contributed by atoms with E-state index in [4.69, 9.17) is 0 Å². The summed E-state index contributed by atoms with van der Waals surface area (Å²) in [6, 6.07) is 9.28. The predicted octanol–water partition coefficient (Wildman–Crippen LogP) is 3.79. The van der Waals surface area contributed by atoms with Crippen LogP contribution in [0.5, 0.6) is 0 Å². The molecule has 4 nitrogen and oxygen atoms in total. The molecule has 4 heteroatoms. The van der Waals surface area contributed by atoms with E-state index in [1.165, 1.54) is 63.8 Å². The standard InChI is InChI=1S/C22H34N2O2/c1-22(2,21(25)26)16-18-7-6-8-19(15-18)17-23-13-9-20(10-14-23)24-11-4-3-5-12-24/h6-8,15,20H,3-5,9-14,16-17H2,1-2H3,(H,25,26). The van der Waals surface area contributed by atoms with Crippen LogP contribution in [0.4, 0.5) is 0 Å². The monoisotopic (exact) mass is 358 g/mol. The van der Waals surface area contributed by atoms with Gasteiger partial charge < -0.3 is 10.0 Å². The van der Waals surface area contributed by atoms with Crippen LogP contribution in [-0.4, -0.2) is 53.1 Å². The summed E-state index contributed by atoms with van der Waals surface area (Å²) in [5, 5.41) is 9.35. The zero-order valence-electron chi connectivity index (χ0n) is 16.4. The fourth-order valence-corrected chi connectivity index (χ4v) is 4.41. The minimum absolute atomic E-state index is 0.577. The lowest BCUT2D eigenvalue weighted by atomic mass is 9.85. The van der Waals surface area contributed by atoms with Gasteiger partial charge in [0.25, 0.3) is 0 Å². The number of rotatable bonds is 6. The van der Waals surface area contributed by atoms with Gasteiger partial charge in [-0.3, -0.25) is 9.69 Å². The van der Waals surface area contributed by atoms with Gasteiger partial charge in [-0.25, -0.2) is 0 Å². The number of hydrogen-bond acceptors (Lipinski definition) is 3. The molecule has 0 atom stereocenters. The summed E-state index contributed by atoms with van der Waals surface area (Å²) in [5.41, 5.74) is 1.71. The van der Waals surface area contributed by atoms with Gasteiger partial charge in [0.15, 0.2) is 0 Å². The summed E-state index contributed by atoms with van der Waals surface area (Å²) >= 11 is 0. The smallest absolute Gasteiger partial charge is 0.309 e. The van der Waals surface area contributed by atoms with Gasteiger partial charge in [-0.15, -0.1) is 0 Å². The van der Waals surface area contributed by atoms with E-state index >= 15 is 0 Å². The van der Waals surface area contributed by atoms with Crippen LogP contribution in [0.15, 0.2) is 24.3 Å². The van der Waals surface area contributed by atoms with E-state index < -0.39 is 11.4 Å². The van der Waals surface area contributed by atoms with Crippen molar-refractivity contribution < 1.29 is 9.90 Å². The predicted molar refractivity (Wildman–Crippen MR) is 105 cm³/mol. The summed E-state index contributed by atoms with van der Waals surface area (Å²) in [5.74, 6) is -0.734. The quantitative estimate of drug-likeness (QED) is 0.840. The van der Waals surface area contributed by atoms with Crippen molar-refractivity contribution in [2.75, 3.05) is 26.2 Å². The maximum absolute atomic E-state index is 11.4. The lowest BCUT2D eigenvalue weighted by Crippen LogP contribution is -2.46. The molecule has 2 saturated heterocycles. The summed E-state index contributed by atoms with van der Waals surface area (Å²) in [4.78, 5) is 16.7. The maximum Gasteiger partial charge on any atom is 0.309 e. The molecule has 1 N–H and O–H groups in total. The Balaban J connectivity index is 1.52. The highest BCUT2D eigenvalue weighted by atomic mass is 16.4. The average molecular weight is 359 g/mol. The van der Waals surface area contributed by atoms with Gasteiger partial charge in [-0.1, -0.05) is 30.7 Å². The third-order valence-electron chi connectivity index (χ3n) is 6.09. The van der Waals surface area contributed by atoms with E-state index in [0.29, 0.717) is 6.42 Å². The second kappa shape index (κ2) is 8.53. The Hall–Kier alpha value is -1.39. The average Bonchev–Trinajstić information content (AvgIpc) is 2.63. The molecule has 0 aliphatic carbocycles. The Kier molecular flexibility index (Phi) is 6.36. The molecule has 0 unspecified atom stereocenters. The largest absolute Gasteiger partial charge is 0.481 e. The molecule has 2 aliphatic rings. The molecule has 1 aromatic rings. The molecule has 0 amide bonds. The Bertz CT molecular complexity index is 600. The van der Waals surface area contributed by atoms with Crippen LogP contribution in [0.1, 0.15) is 57.1 Å². The number of nitrogens with zero attached hydrogens (tertiary/aromatic N) is 2. The van der Waals surface area contributed by atoms with Gasteiger partial charge >= 0.3 is 5.97 Å². The minimum Gasteiger partial charge on any atom is -0.481 e. The summed E-state index contributed by atoms with van der Waals surface area (Å²) < 4.78 is 0. The Morgan fingerprint density at radius 3 is 2.38 bits per heavy atom. The van der Waals surface area contributed by atoms with Crippen molar-refractivity contribution in [2.45, 2.75) is 65.0 Å². The van der Waals surface area contributed by atoms with Crippen LogP contribution in [0.2, 0.25) is 0 Å². The van der Waals surface area contributed by atoms with Crippen LogP contribution in [0.3, 0.4) is 0 Å². The highest BCUT2D eigenvalue weighted by molar-refractivity contribution is 5.74. The van der Waals surface area contributed by atoms with Gasteiger partial charge in [0.05, 0.1) is 5.41 Å². The molecule has 0 bridgehead atoms. The molecule has 144 valence electrons. The highest BCUT2D eigenvalue weighted by Gasteiger charge is 2.28. The fourth-order valence-electron chi connectivity index (χ4n) is 4.41. The molecule has 0 saturated carbocycles. The van der Waals surface area contributed by atoms with Crippen LogP contribution in [0, 0.1) is 5.41 Å². The van der Waals surface area contributed by atoms with Crippen LogP contribution < -0.4 is 0 Å². The SMILES string of the molecule is CC(C)(Cc1cccc(CN2CCC(N3CCCCC3)CC2)c1)C(=O)O. The number of likely N-dealkylation sites (tertiary alicyclic amines) is 2. The van der Waals surface area contributed by atoms with Crippen LogP contribution in [0.25, 0.3) is 0 Å². The van der Waals surface area contributed by atoms with Crippen molar-refractivity contribution in [3.05, 3.63) is 35.4 Å². The molecule has 0 spiro atoms. The first-order valence-corrected chi connectivity index (χ1v) is 10.2. The normalized spacial score (nSPS) is 21.0. The van der Waals surface area contributed by atoms with Crippen molar-refractivity contribution in [3.63, 3.8) is 0 Å². The molecule has 3 rings (SSSR count). The number of hydrogen-bond donors (Lipinski definition) is 1. The topological polar surface area (TPSA) is 43.8 Å². The number of carbonyl (C=O) groups is 1. The highest BCUT2D eigenvalue weighted by Crippen LogP contribution is 2.24. The van der Waals surface area contributed by atoms with E-state index in [1.807, 2.05) is 0 Å². The molecule has 0 aromatic heterocycles. The Labute approximate surface area is 158 Å². The second-order valence-electron chi connectivity index (χ2n) is 8.79. The minimum atomic E-state index is -0.734. The van der Waals surface area contributed by atoms with Crippen molar-refractivity contribution in [1.29, 1.82) is 0 Å². The lowest BCUT2D eigenvalue weighted by molar-refractivity contribution is -0.146. The van der Waals surface area contributed by atoms with Crippen molar-refractivity contribution >= 4 is 5.97 Å². The molecule has 2 fully saturated rings. The molecule has 0 radical (unpaired) electrons. The van der Waals surface area contributed by atoms with Crippen molar-refractivity contribution in [1.82, 2.24) is 9.80 Å². The third kappa shape index (κ3) is 5.08. The third-order valence-corrected chi connectivity index (χ3v) is 6.09. The van der Waals surface area contributed by atoms with Gasteiger partial charge in [0.2, 0.25) is 0 Å². The van der Waals surface area contributed by atoms with Gasteiger partial charge in [-0.05, 0) is 83.3 Å². The van der Waals surface area contributed by atoms with E-state index in [-0.39, 0.29) is 0 Å². The number of carboxylic acid groups (broad SMARTS) is 1. The van der Waals surface area contributed by atoms with Gasteiger partial charge in [0.1, 0.15) is 0 Å². The summed E-state index contributed by atoms with van der Waals surface area (Å²) in [7, 11) is 0. The Morgan fingerprint density at radius 2 is 1.73 bits per heavy atom. The zero-order valence-corrected chi connectivity index (χ0v) is 16.4. The van der Waals surface area contributed by atoms with Gasteiger partial charge in [-0.2, -0.15) is 0 Å². The maximum atomic E-state index is 11.4.